The van der Waals surface area contributed by atoms with Crippen molar-refractivity contribution in [3.8, 4) is 0 Å². The van der Waals surface area contributed by atoms with Crippen molar-refractivity contribution in [2.24, 2.45) is 7.05 Å². The van der Waals surface area contributed by atoms with E-state index in [0.717, 1.165) is 34.9 Å². The smallest absolute Gasteiger partial charge is 0.250 e. The Kier molecular flexibility index (Phi) is 5.14. The number of hydrogen-bond acceptors (Lipinski definition) is 4. The summed E-state index contributed by atoms with van der Waals surface area (Å²) >= 11 is 1.62. The number of carbonyl (C=O) groups is 1. The van der Waals surface area contributed by atoms with Gasteiger partial charge in [-0.3, -0.25) is 14.8 Å². The summed E-state index contributed by atoms with van der Waals surface area (Å²) in [5.74, 6) is -0.139. The number of fused-ring (bicyclic) bond motifs is 1. The molecule has 3 rings (SSSR count). The summed E-state index contributed by atoms with van der Waals surface area (Å²) in [7, 11) is 1.91. The molecule has 2 heterocycles. The maximum atomic E-state index is 12.2. The van der Waals surface area contributed by atoms with Gasteiger partial charge in [0.2, 0.25) is 5.91 Å². The van der Waals surface area contributed by atoms with E-state index in [2.05, 4.69) is 15.4 Å². The zero-order chi connectivity index (χ0) is 17.1. The molecule has 0 radical (unpaired) electrons. The second-order valence-electron chi connectivity index (χ2n) is 6.33. The average Bonchev–Trinajstić information content (AvgIpc) is 2.98. The third kappa shape index (κ3) is 3.75. The van der Waals surface area contributed by atoms with Gasteiger partial charge in [-0.2, -0.15) is 5.10 Å². The summed E-state index contributed by atoms with van der Waals surface area (Å²) in [4.78, 5) is 18.2. The molecule has 128 valence electrons. The number of hydrogen-bond donors (Lipinski definition) is 1. The van der Waals surface area contributed by atoms with Crippen LogP contribution in [0.25, 0.3) is 6.08 Å². The number of nitrogens with one attached hydrogen (secondary N) is 1. The van der Waals surface area contributed by atoms with Crippen LogP contribution in [-0.2, 0) is 24.7 Å². The highest BCUT2D eigenvalue weighted by molar-refractivity contribution is 7.15. The van der Waals surface area contributed by atoms with E-state index in [0.29, 0.717) is 0 Å². The monoisotopic (exact) mass is 344 g/mol. The summed E-state index contributed by atoms with van der Waals surface area (Å²) < 4.78 is 1.83. The Morgan fingerprint density at radius 1 is 1.21 bits per heavy atom. The third-order valence-electron chi connectivity index (χ3n) is 4.54. The second kappa shape index (κ2) is 7.30. The van der Waals surface area contributed by atoms with E-state index in [4.69, 9.17) is 0 Å². The molecule has 5 nitrogen and oxygen atoms in total. The lowest BCUT2D eigenvalue weighted by atomic mass is 10.0. The number of anilines is 1. The third-order valence-corrected chi connectivity index (χ3v) is 5.62. The molecule has 2 aromatic rings. The standard InChI is InChI=1S/C18H24N4OS/c1-12-14(13(2)22(3)21-12)10-11-17(23)20-18-19-15-8-6-4-5-7-9-16(15)24-18/h10-11H,4-9H2,1-3H3,(H,19,20,23)/b11-10+. The van der Waals surface area contributed by atoms with Crippen molar-refractivity contribution in [3.63, 3.8) is 0 Å². The van der Waals surface area contributed by atoms with Gasteiger partial charge in [0.15, 0.2) is 5.13 Å². The topological polar surface area (TPSA) is 59.8 Å². The Morgan fingerprint density at radius 3 is 2.67 bits per heavy atom. The normalized spacial score (nSPS) is 15.1. The highest BCUT2D eigenvalue weighted by Gasteiger charge is 2.14. The highest BCUT2D eigenvalue weighted by Crippen LogP contribution is 2.28. The number of amides is 1. The molecule has 1 N–H and O–H groups in total. The van der Waals surface area contributed by atoms with Crippen molar-refractivity contribution in [2.75, 3.05) is 5.32 Å². The van der Waals surface area contributed by atoms with Gasteiger partial charge in [0.1, 0.15) is 0 Å². The molecule has 0 spiro atoms. The number of aromatic nitrogens is 3. The first-order chi connectivity index (χ1) is 11.5. The molecule has 0 aromatic carbocycles. The van der Waals surface area contributed by atoms with Gasteiger partial charge in [-0.05, 0) is 45.6 Å². The number of carbonyl (C=O) groups excluding carboxylic acids is 1. The Morgan fingerprint density at radius 2 is 1.96 bits per heavy atom. The van der Waals surface area contributed by atoms with Crippen molar-refractivity contribution in [1.82, 2.24) is 14.8 Å². The predicted octanol–water partition coefficient (Wildman–Crippen LogP) is 3.80. The van der Waals surface area contributed by atoms with Crippen LogP contribution >= 0.6 is 11.3 Å². The van der Waals surface area contributed by atoms with E-state index in [-0.39, 0.29) is 5.91 Å². The van der Waals surface area contributed by atoms with E-state index >= 15 is 0 Å². The molecule has 1 aliphatic rings. The molecule has 0 atom stereocenters. The van der Waals surface area contributed by atoms with Crippen molar-refractivity contribution in [2.45, 2.75) is 52.4 Å². The van der Waals surface area contributed by atoms with E-state index in [1.807, 2.05) is 31.7 Å². The number of aryl methyl sites for hydroxylation is 4. The van der Waals surface area contributed by atoms with Gasteiger partial charge >= 0.3 is 0 Å². The van der Waals surface area contributed by atoms with Crippen LogP contribution in [0.1, 0.15) is 53.2 Å². The molecule has 2 aromatic heterocycles. The van der Waals surface area contributed by atoms with Gasteiger partial charge in [0, 0.05) is 29.3 Å². The summed E-state index contributed by atoms with van der Waals surface area (Å²) in [5, 5.41) is 7.99. The van der Waals surface area contributed by atoms with Crippen molar-refractivity contribution < 1.29 is 4.79 Å². The molecule has 1 amide bonds. The average molecular weight is 344 g/mol. The highest BCUT2D eigenvalue weighted by atomic mass is 32.1. The van der Waals surface area contributed by atoms with Crippen LogP contribution in [0.3, 0.4) is 0 Å². The van der Waals surface area contributed by atoms with Crippen LogP contribution in [0.15, 0.2) is 6.08 Å². The zero-order valence-electron chi connectivity index (χ0n) is 14.6. The van der Waals surface area contributed by atoms with E-state index in [9.17, 15) is 4.79 Å². The fourth-order valence-corrected chi connectivity index (χ4v) is 4.15. The van der Waals surface area contributed by atoms with Gasteiger partial charge in [-0.15, -0.1) is 11.3 Å². The second-order valence-corrected chi connectivity index (χ2v) is 7.42. The van der Waals surface area contributed by atoms with Crippen molar-refractivity contribution in [3.05, 3.63) is 33.6 Å². The molecule has 0 fully saturated rings. The Balaban J connectivity index is 1.68. The number of nitrogens with zero attached hydrogens (tertiary/aromatic N) is 3. The maximum Gasteiger partial charge on any atom is 0.250 e. The first-order valence-electron chi connectivity index (χ1n) is 8.52. The maximum absolute atomic E-state index is 12.2. The van der Waals surface area contributed by atoms with Crippen LogP contribution in [0.2, 0.25) is 0 Å². The molecule has 0 unspecified atom stereocenters. The Hall–Kier alpha value is -1.95. The SMILES string of the molecule is Cc1nn(C)c(C)c1/C=C/C(=O)Nc1nc2c(s1)CCCCCC2. The van der Waals surface area contributed by atoms with Crippen LogP contribution in [0, 0.1) is 13.8 Å². The molecule has 1 aliphatic carbocycles. The fraction of sp³-hybridized carbons (Fsp3) is 0.500. The molecule has 0 bridgehead atoms. The summed E-state index contributed by atoms with van der Waals surface area (Å²) in [6, 6.07) is 0. The Labute approximate surface area is 146 Å². The number of thiazole rings is 1. The minimum Gasteiger partial charge on any atom is -0.298 e. The van der Waals surface area contributed by atoms with Crippen molar-refractivity contribution in [1.29, 1.82) is 0 Å². The van der Waals surface area contributed by atoms with Gasteiger partial charge in [0.25, 0.3) is 0 Å². The van der Waals surface area contributed by atoms with Gasteiger partial charge in [0.05, 0.1) is 11.4 Å². The van der Waals surface area contributed by atoms with E-state index in [1.54, 1.807) is 17.4 Å². The molecule has 0 aliphatic heterocycles. The lowest BCUT2D eigenvalue weighted by Gasteiger charge is -2.06. The molecular weight excluding hydrogens is 320 g/mol. The van der Waals surface area contributed by atoms with Crippen LogP contribution in [0.4, 0.5) is 5.13 Å². The van der Waals surface area contributed by atoms with Crippen LogP contribution in [-0.4, -0.2) is 20.7 Å². The van der Waals surface area contributed by atoms with Crippen molar-refractivity contribution >= 4 is 28.5 Å². The summed E-state index contributed by atoms with van der Waals surface area (Å²) in [6.45, 7) is 3.95. The zero-order valence-corrected chi connectivity index (χ0v) is 15.4. The van der Waals surface area contributed by atoms with E-state index < -0.39 is 0 Å². The van der Waals surface area contributed by atoms with E-state index in [1.165, 1.54) is 36.3 Å². The van der Waals surface area contributed by atoms with Gasteiger partial charge in [-0.25, -0.2) is 4.98 Å². The molecular formula is C18H24N4OS. The van der Waals surface area contributed by atoms with Crippen LogP contribution < -0.4 is 5.32 Å². The lowest BCUT2D eigenvalue weighted by Crippen LogP contribution is -2.07. The van der Waals surface area contributed by atoms with Crippen LogP contribution in [0.5, 0.6) is 0 Å². The molecule has 0 saturated heterocycles. The summed E-state index contributed by atoms with van der Waals surface area (Å²) in [5.41, 5.74) is 4.15. The largest absolute Gasteiger partial charge is 0.298 e. The van der Waals surface area contributed by atoms with Gasteiger partial charge < -0.3 is 0 Å². The molecule has 24 heavy (non-hydrogen) atoms. The molecule has 6 heteroatoms. The number of rotatable bonds is 3. The minimum absolute atomic E-state index is 0.139. The lowest BCUT2D eigenvalue weighted by molar-refractivity contribution is -0.111. The summed E-state index contributed by atoms with van der Waals surface area (Å²) in [6.07, 6.45) is 10.5. The first kappa shape index (κ1) is 16.9. The minimum atomic E-state index is -0.139. The molecule has 0 saturated carbocycles. The predicted molar refractivity (Wildman–Crippen MR) is 98.3 cm³/mol. The van der Waals surface area contributed by atoms with Gasteiger partial charge in [-0.1, -0.05) is 12.8 Å². The fourth-order valence-electron chi connectivity index (χ4n) is 3.10. The quantitative estimate of drug-likeness (QED) is 0.862. The first-order valence-corrected chi connectivity index (χ1v) is 9.34. The Bertz CT molecular complexity index is 747.